The predicted molar refractivity (Wildman–Crippen MR) is 616 cm³/mol. The average Bonchev–Trinajstić information content (AvgIpc) is 1.52. The van der Waals surface area contributed by atoms with E-state index in [0.29, 0.717) is 0 Å². The summed E-state index contributed by atoms with van der Waals surface area (Å²) in [5, 5.41) is 26.3. The normalized spacial score (nSPS) is 13.6. The lowest BCUT2D eigenvalue weighted by molar-refractivity contribution is 0.592. The molecule has 31 rings (SSSR count). The van der Waals surface area contributed by atoms with Crippen LogP contribution in [0.25, 0.3) is 208 Å². The maximum atomic E-state index is 15.2. The van der Waals surface area contributed by atoms with Crippen LogP contribution < -0.4 is 20.8 Å². The number of rotatable bonds is 9. The number of aromatic nitrogens is 6. The lowest BCUT2D eigenvalue weighted by Crippen LogP contribution is -2.25. The van der Waals surface area contributed by atoms with Gasteiger partial charge in [0.15, 0.2) is 7.14 Å². The fourth-order valence-electron chi connectivity index (χ4n) is 25.8. The van der Waals surface area contributed by atoms with Crippen LogP contribution in [-0.4, -0.2) is 28.1 Å². The van der Waals surface area contributed by atoms with Gasteiger partial charge in [0.25, 0.3) is 0 Å². The quantitative estimate of drug-likeness (QED) is 0.135. The SMILES string of the molecule is CC1(C)c2ccccc2-c2c3c1cccc3cc1c2c2ccc3ccccc3c2n1-c1ccc(N(c2ccccc2)c2ccccc2)cc1.CC1(C)c2ccccc2-c2c3c1cccc3cc1c2c2ccc3ccccc3c2n1-c1ccc(P(=O)(c2ccccc2)c2ccccc2)cc1.CC1(C)c2ccccc2-c2c3c1cccc3cc1c2c2ccc3ccccc3c2n1-c1nc2ccccc2c2nc3ccccc3n12. The minimum Gasteiger partial charge on any atom is -0.311 e. The average molecular weight is 1890 g/mol. The highest BCUT2D eigenvalue weighted by atomic mass is 31.2. The van der Waals surface area contributed by atoms with Gasteiger partial charge in [0.2, 0.25) is 5.95 Å². The van der Waals surface area contributed by atoms with E-state index in [-0.39, 0.29) is 16.2 Å². The summed E-state index contributed by atoms with van der Waals surface area (Å²) >= 11 is 0. The molecular formula is C137H96N7OP. The molecule has 0 fully saturated rings. The minimum atomic E-state index is -3.11. The lowest BCUT2D eigenvalue weighted by Gasteiger charge is -2.35. The highest BCUT2D eigenvalue weighted by molar-refractivity contribution is 7.85. The third-order valence-electron chi connectivity index (χ3n) is 32.4. The van der Waals surface area contributed by atoms with Crippen LogP contribution in [0, 0.1) is 0 Å². The molecule has 0 saturated carbocycles. The van der Waals surface area contributed by atoms with Gasteiger partial charge in [-0.05, 0) is 214 Å². The summed E-state index contributed by atoms with van der Waals surface area (Å²) in [6.07, 6.45) is 0. The van der Waals surface area contributed by atoms with Crippen molar-refractivity contribution in [2.45, 2.75) is 57.8 Å². The molecule has 0 bridgehead atoms. The molecular weight excluding hydrogens is 1790 g/mol. The molecule has 0 spiro atoms. The Morgan fingerprint density at radius 2 is 0.548 bits per heavy atom. The molecule has 8 nitrogen and oxygen atoms in total. The Bertz CT molecular complexity index is 10400. The minimum absolute atomic E-state index is 0.0962. The smallest absolute Gasteiger partial charge is 0.221 e. The Morgan fingerprint density at radius 1 is 0.233 bits per heavy atom. The van der Waals surface area contributed by atoms with Crippen molar-refractivity contribution in [1.82, 2.24) is 28.1 Å². The highest BCUT2D eigenvalue weighted by Gasteiger charge is 2.41. The molecule has 0 aliphatic heterocycles. The molecule has 28 aromatic rings. The van der Waals surface area contributed by atoms with Gasteiger partial charge in [-0.1, -0.05) is 399 Å². The van der Waals surface area contributed by atoms with Gasteiger partial charge >= 0.3 is 0 Å². The summed E-state index contributed by atoms with van der Waals surface area (Å²) in [4.78, 5) is 13.0. The van der Waals surface area contributed by atoms with Crippen molar-refractivity contribution < 1.29 is 4.57 Å². The van der Waals surface area contributed by atoms with Gasteiger partial charge in [-0.2, -0.15) is 0 Å². The lowest BCUT2D eigenvalue weighted by atomic mass is 9.68. The number of benzene rings is 23. The van der Waals surface area contributed by atoms with Crippen LogP contribution in [0.5, 0.6) is 0 Å². The van der Waals surface area contributed by atoms with Crippen LogP contribution >= 0.6 is 7.14 Å². The summed E-state index contributed by atoms with van der Waals surface area (Å²) in [7, 11) is -3.11. The van der Waals surface area contributed by atoms with Crippen LogP contribution in [0.15, 0.2) is 473 Å². The van der Waals surface area contributed by atoms with E-state index in [0.717, 1.165) is 88.9 Å². The van der Waals surface area contributed by atoms with Crippen molar-refractivity contribution in [2.75, 3.05) is 4.90 Å². The third kappa shape index (κ3) is 12.3. The molecule has 0 N–H and O–H groups in total. The van der Waals surface area contributed by atoms with E-state index in [2.05, 4.69) is 477 Å². The zero-order valence-electron chi connectivity index (χ0n) is 81.5. The van der Waals surface area contributed by atoms with Crippen molar-refractivity contribution >= 4 is 198 Å². The summed E-state index contributed by atoms with van der Waals surface area (Å²) in [5.41, 5.74) is 32.4. The molecule has 0 amide bonds. The Hall–Kier alpha value is -17.8. The van der Waals surface area contributed by atoms with Gasteiger partial charge in [0, 0.05) is 131 Å². The topological polar surface area (TPSA) is 65.3 Å². The van der Waals surface area contributed by atoms with Crippen molar-refractivity contribution in [3.63, 3.8) is 0 Å². The summed E-state index contributed by atoms with van der Waals surface area (Å²) < 4.78 is 24.9. The molecule has 0 atom stereocenters. The second-order valence-corrected chi connectivity index (χ2v) is 44.0. The molecule has 690 valence electrons. The third-order valence-corrected chi connectivity index (χ3v) is 35.5. The number of hydrogen-bond acceptors (Lipinski definition) is 4. The van der Waals surface area contributed by atoms with Gasteiger partial charge in [0.1, 0.15) is 5.65 Å². The van der Waals surface area contributed by atoms with Gasteiger partial charge in [0.05, 0.1) is 49.7 Å². The molecule has 9 heteroatoms. The molecule has 3 aliphatic carbocycles. The number of imidazole rings is 1. The molecule has 146 heavy (non-hydrogen) atoms. The Kier molecular flexibility index (Phi) is 18.7. The first kappa shape index (κ1) is 85.0. The first-order valence-corrected chi connectivity index (χ1v) is 52.4. The van der Waals surface area contributed by atoms with Crippen molar-refractivity contribution in [3.8, 4) is 50.7 Å². The fraction of sp³-hybridized carbons (Fsp3) is 0.0657. The zero-order chi connectivity index (χ0) is 97.3. The zero-order valence-corrected chi connectivity index (χ0v) is 82.4. The van der Waals surface area contributed by atoms with E-state index >= 15 is 4.57 Å². The molecule has 0 saturated heterocycles. The Labute approximate surface area is 844 Å². The Balaban J connectivity index is 0.000000104. The van der Waals surface area contributed by atoms with Gasteiger partial charge in [-0.15, -0.1) is 0 Å². The van der Waals surface area contributed by atoms with Crippen molar-refractivity contribution in [3.05, 3.63) is 507 Å². The maximum absolute atomic E-state index is 15.2. The summed E-state index contributed by atoms with van der Waals surface area (Å²) in [5.74, 6) is 0.843. The first-order chi connectivity index (χ1) is 71.6. The van der Waals surface area contributed by atoms with Crippen molar-refractivity contribution in [2.24, 2.45) is 0 Å². The van der Waals surface area contributed by atoms with Crippen LogP contribution in [0.4, 0.5) is 17.1 Å². The second-order valence-electron chi connectivity index (χ2n) is 41.2. The molecule has 0 unspecified atom stereocenters. The monoisotopic (exact) mass is 1890 g/mol. The standard InChI is InChI=1S/C47H34N2.C47H34NOP.C43H28N4/c1-47(2)40-22-12-11-21-38(40)45-43-32(15-13-23-41(43)47)30-42-44(45)39-29-24-31-14-9-10-20-37(31)46(39)49(42)36-27-25-35(26-28-36)48(33-16-5-3-6-17-33)34-18-7-4-8-19-34;1-47(2)40-22-12-11-21-38(40)45-43-32(15-13-23-41(43)47)30-42-44(45)39-29-24-31-14-9-10-20-37(31)46(39)48(42)33-25-27-36(28-26-33)50(49,34-16-5-3-6-17-34)35-18-7-4-8-19-35;1-43(2)31-17-7-5-15-28(31)39-37-26(13-11-18-32(37)43)24-36-38(39)30-23-22-25-12-3-4-14-27(25)40(30)46(36)42-45-33-19-8-6-16-29(33)41-44-34-20-9-10-21-35(34)47(41)42/h3-30H,1-2H3;3-30H,1-2H3;3-24H,1-2H3. The molecule has 23 aromatic carbocycles. The van der Waals surface area contributed by atoms with Crippen molar-refractivity contribution in [1.29, 1.82) is 0 Å². The van der Waals surface area contributed by atoms with Crippen LogP contribution in [-0.2, 0) is 20.8 Å². The van der Waals surface area contributed by atoms with E-state index < -0.39 is 7.14 Å². The first-order valence-electron chi connectivity index (χ1n) is 50.7. The second kappa shape index (κ2) is 32.1. The van der Waals surface area contributed by atoms with Crippen LogP contribution in [0.3, 0.4) is 0 Å². The fourth-order valence-corrected chi connectivity index (χ4v) is 28.4. The number of hydrogen-bond donors (Lipinski definition) is 0. The number of para-hydroxylation sites is 5. The maximum Gasteiger partial charge on any atom is 0.221 e. The number of nitrogens with zero attached hydrogens (tertiary/aromatic N) is 7. The van der Waals surface area contributed by atoms with Gasteiger partial charge in [-0.25, -0.2) is 9.97 Å². The number of anilines is 3. The van der Waals surface area contributed by atoms with E-state index in [4.69, 9.17) is 9.97 Å². The predicted octanol–water partition coefficient (Wildman–Crippen LogP) is 34.6. The summed E-state index contributed by atoms with van der Waals surface area (Å²) in [6.45, 7) is 14.2. The van der Waals surface area contributed by atoms with Gasteiger partial charge in [-0.3, -0.25) is 8.97 Å². The van der Waals surface area contributed by atoms with E-state index in [1.165, 1.54) is 186 Å². The Morgan fingerprint density at radius 3 is 0.973 bits per heavy atom. The highest BCUT2D eigenvalue weighted by Crippen LogP contribution is 2.59. The molecule has 3 aliphatic rings. The van der Waals surface area contributed by atoms with E-state index in [9.17, 15) is 0 Å². The molecule has 0 radical (unpaired) electrons. The molecule has 5 aromatic heterocycles. The van der Waals surface area contributed by atoms with Crippen LogP contribution in [0.2, 0.25) is 0 Å². The van der Waals surface area contributed by atoms with Crippen LogP contribution in [0.1, 0.15) is 74.9 Å². The largest absolute Gasteiger partial charge is 0.311 e. The van der Waals surface area contributed by atoms with E-state index in [1.54, 1.807) is 0 Å². The van der Waals surface area contributed by atoms with Gasteiger partial charge < -0.3 is 18.6 Å². The van der Waals surface area contributed by atoms with E-state index in [1.807, 2.05) is 60.7 Å². The molecule has 5 heterocycles. The summed E-state index contributed by atoms with van der Waals surface area (Å²) in [6, 6.07) is 170. The number of fused-ring (bicyclic) bond motifs is 29.